The third-order valence-corrected chi connectivity index (χ3v) is 26.4. The lowest BCUT2D eigenvalue weighted by Gasteiger charge is -2.22. The second kappa shape index (κ2) is 15.9. The van der Waals surface area contributed by atoms with Gasteiger partial charge in [0.2, 0.25) is 0 Å². The molecule has 6 aliphatic carbocycles. The number of allylic oxidation sites excluding steroid dienone is 2. The molecular weight excluding hydrogens is 669 g/mol. The van der Waals surface area contributed by atoms with Crippen LogP contribution in [-0.4, -0.2) is 21.0 Å². The van der Waals surface area contributed by atoms with Crippen LogP contribution in [0, 0.1) is 35.5 Å². The number of fused-ring (bicyclic) bond motifs is 9. The largest absolute Gasteiger partial charge is 0.174 e. The summed E-state index contributed by atoms with van der Waals surface area (Å²) >= 11 is 18.2. The van der Waals surface area contributed by atoms with Crippen LogP contribution in [0.25, 0.3) is 0 Å². The van der Waals surface area contributed by atoms with Crippen molar-refractivity contribution >= 4 is 132 Å². The van der Waals surface area contributed by atoms with E-state index in [0.717, 1.165) is 46.0 Å². The van der Waals surface area contributed by atoms with E-state index in [1.165, 1.54) is 56.3 Å². The smallest absolute Gasteiger partial charge is 0.0318 e. The summed E-state index contributed by atoms with van der Waals surface area (Å²) in [6.45, 7) is 0. The molecule has 0 N–H and O–H groups in total. The van der Waals surface area contributed by atoms with Gasteiger partial charge in [-0.2, -0.15) is 25.3 Å². The summed E-state index contributed by atoms with van der Waals surface area (Å²) in [5, 5.41) is 3.31. The van der Waals surface area contributed by atoms with Crippen molar-refractivity contribution in [3.05, 3.63) is 12.2 Å². The standard InChI is InChI=1S/C7H10S3.C7H12S2.C7H10.S8/c1-2-5-3-4(1)6-7(5)9-10-8-6;8-6-4-1-2-5(3-4)7(6)9;1-2-7-4-3-6(1)5-7;1-3-5-7-8-6-4-2/h4-7H,1-3H2;4-9H,1-3H2;1-2,6-7H,3-5H2;. The minimum absolute atomic E-state index is 0.604. The molecule has 7 rings (SSSR count). The molecule has 0 aromatic rings. The van der Waals surface area contributed by atoms with Gasteiger partial charge in [0.1, 0.15) is 0 Å². The Hall–Kier alpha value is 3.25. The Kier molecular flexibility index (Phi) is 14.1. The highest BCUT2D eigenvalue weighted by atomic mass is 33.5. The molecule has 1 aliphatic heterocycles. The molecule has 0 nitrogen and oxygen atoms in total. The predicted molar refractivity (Wildman–Crippen MR) is 186 cm³/mol. The van der Waals surface area contributed by atoms with Gasteiger partial charge in [-0.05, 0) is 103 Å². The van der Waals surface area contributed by atoms with Crippen LogP contribution in [0.5, 0.6) is 0 Å². The van der Waals surface area contributed by atoms with Gasteiger partial charge < -0.3 is 0 Å². The summed E-state index contributed by atoms with van der Waals surface area (Å²) in [5.74, 6) is 6.02. The molecule has 1 saturated heterocycles. The normalized spacial score (nSPS) is 42.9. The van der Waals surface area contributed by atoms with Gasteiger partial charge in [-0.1, -0.05) is 33.7 Å². The lowest BCUT2D eigenvalue weighted by molar-refractivity contribution is 0.508. The zero-order valence-corrected chi connectivity index (χ0v) is 29.4. The molecule has 0 spiro atoms. The van der Waals surface area contributed by atoms with Crippen LogP contribution < -0.4 is 0 Å². The lowest BCUT2D eigenvalue weighted by Crippen LogP contribution is -2.22. The second-order valence-electron chi connectivity index (χ2n) is 9.96. The van der Waals surface area contributed by atoms with E-state index in [2.05, 4.69) is 81.4 Å². The molecule has 0 radical (unpaired) electrons. The van der Waals surface area contributed by atoms with Crippen molar-refractivity contribution in [1.29, 1.82) is 0 Å². The Bertz CT molecular complexity index is 885. The molecule has 5 saturated carbocycles. The Morgan fingerprint density at radius 1 is 0.588 bits per heavy atom. The van der Waals surface area contributed by atoms with Gasteiger partial charge in [-0.25, -0.2) is 0 Å². The summed E-state index contributed by atoms with van der Waals surface area (Å²) < 4.78 is 0. The molecule has 0 amide bonds. The fraction of sp³-hybridized carbons (Fsp3) is 0.905. The molecule has 6 bridgehead atoms. The summed E-state index contributed by atoms with van der Waals surface area (Å²) in [4.78, 5) is 0. The van der Waals surface area contributed by atoms with Crippen LogP contribution in [-0.2, 0) is 75.7 Å². The highest BCUT2D eigenvalue weighted by Gasteiger charge is 2.51. The van der Waals surface area contributed by atoms with Crippen LogP contribution in [0.1, 0.15) is 57.8 Å². The molecule has 34 heavy (non-hydrogen) atoms. The van der Waals surface area contributed by atoms with Crippen molar-refractivity contribution in [3.63, 3.8) is 0 Å². The third kappa shape index (κ3) is 8.38. The van der Waals surface area contributed by atoms with E-state index in [-0.39, 0.29) is 0 Å². The quantitative estimate of drug-likeness (QED) is 0.156. The minimum Gasteiger partial charge on any atom is -0.174 e. The predicted octanol–water partition coefficient (Wildman–Crippen LogP) is 7.16. The SMILES string of the molecule is C1=CC2CCC1C2.C1CC2CC1C1SSSC21.S=S=S=S=S=S=S=S.SC1C2CCC(C2)C1S. The zero-order valence-electron chi connectivity index (χ0n) is 18.7. The molecular formula is C21H32S13. The number of rotatable bonds is 0. The van der Waals surface area contributed by atoms with Crippen molar-refractivity contribution in [1.82, 2.24) is 0 Å². The van der Waals surface area contributed by atoms with Crippen molar-refractivity contribution in [3.8, 4) is 0 Å². The highest BCUT2D eigenvalue weighted by Crippen LogP contribution is 2.65. The van der Waals surface area contributed by atoms with Gasteiger partial charge in [0, 0.05) is 96.7 Å². The Morgan fingerprint density at radius 3 is 1.35 bits per heavy atom. The topological polar surface area (TPSA) is 0 Å². The minimum atomic E-state index is 0.604. The maximum Gasteiger partial charge on any atom is 0.0318 e. The van der Waals surface area contributed by atoms with E-state index in [9.17, 15) is 0 Å². The molecule has 0 aromatic heterocycles. The average Bonchev–Trinajstić information content (AvgIpc) is 3.71. The van der Waals surface area contributed by atoms with Crippen LogP contribution in [0.15, 0.2) is 12.2 Å². The molecule has 7 aliphatic rings. The molecule has 194 valence electrons. The van der Waals surface area contributed by atoms with E-state index in [0.29, 0.717) is 10.5 Å². The first-order valence-corrected chi connectivity index (χ1v) is 25.9. The monoisotopic (exact) mass is 700 g/mol. The number of thiol groups is 2. The molecule has 0 aromatic carbocycles. The second-order valence-corrected chi connectivity index (χ2v) is 26.2. The summed E-state index contributed by atoms with van der Waals surface area (Å²) in [5.41, 5.74) is 0. The van der Waals surface area contributed by atoms with Gasteiger partial charge >= 0.3 is 0 Å². The Labute approximate surface area is 255 Å². The van der Waals surface area contributed by atoms with Crippen LogP contribution >= 0.6 is 56.7 Å². The molecule has 13 heteroatoms. The van der Waals surface area contributed by atoms with E-state index in [1.807, 2.05) is 9.83 Å². The van der Waals surface area contributed by atoms with E-state index >= 15 is 0 Å². The van der Waals surface area contributed by atoms with Gasteiger partial charge in [-0.15, -0.1) is 0 Å². The third-order valence-electron chi connectivity index (χ3n) is 8.21. The van der Waals surface area contributed by atoms with E-state index in [4.69, 9.17) is 0 Å². The van der Waals surface area contributed by atoms with E-state index < -0.39 is 0 Å². The number of hydrogen-bond acceptors (Lipinski definition) is 7. The molecule has 1 heterocycles. The molecule has 6 fully saturated rings. The average molecular weight is 701 g/mol. The van der Waals surface area contributed by atoms with Crippen molar-refractivity contribution < 1.29 is 0 Å². The lowest BCUT2D eigenvalue weighted by atomic mass is 10.00. The van der Waals surface area contributed by atoms with Gasteiger partial charge in [0.15, 0.2) is 0 Å². The summed E-state index contributed by atoms with van der Waals surface area (Å²) in [6.07, 6.45) is 18.1. The first-order valence-electron chi connectivity index (χ1n) is 11.9. The van der Waals surface area contributed by atoms with Gasteiger partial charge in [0.25, 0.3) is 0 Å². The van der Waals surface area contributed by atoms with Gasteiger partial charge in [0.05, 0.1) is 0 Å². The molecule has 10 atom stereocenters. The maximum absolute atomic E-state index is 4.60. The first-order chi connectivity index (χ1) is 16.6. The van der Waals surface area contributed by atoms with Crippen molar-refractivity contribution in [2.45, 2.75) is 78.8 Å². The maximum atomic E-state index is 4.60. The zero-order chi connectivity index (χ0) is 23.9. The van der Waals surface area contributed by atoms with E-state index in [1.54, 1.807) is 54.8 Å². The fourth-order valence-electron chi connectivity index (χ4n) is 6.56. The summed E-state index contributed by atoms with van der Waals surface area (Å²) in [6, 6.07) is 0. The Morgan fingerprint density at radius 2 is 1.03 bits per heavy atom. The number of hydrogen-bond donors (Lipinski definition) is 2. The van der Waals surface area contributed by atoms with Crippen molar-refractivity contribution in [2.24, 2.45) is 35.5 Å². The highest BCUT2D eigenvalue weighted by molar-refractivity contribution is 9.11. The van der Waals surface area contributed by atoms with Crippen molar-refractivity contribution in [2.75, 3.05) is 0 Å². The van der Waals surface area contributed by atoms with Gasteiger partial charge in [-0.3, -0.25) is 0 Å². The Balaban J connectivity index is 0.000000108. The van der Waals surface area contributed by atoms with Crippen LogP contribution in [0.4, 0.5) is 0 Å². The summed E-state index contributed by atoms with van der Waals surface area (Å²) in [7, 11) is 15.5. The first kappa shape index (κ1) is 30.2. The van der Waals surface area contributed by atoms with Crippen LogP contribution in [0.3, 0.4) is 0 Å². The fourth-order valence-corrected chi connectivity index (χ4v) is 25.4. The molecule has 10 unspecified atom stereocenters. The van der Waals surface area contributed by atoms with Crippen LogP contribution in [0.2, 0.25) is 0 Å².